The summed E-state index contributed by atoms with van der Waals surface area (Å²) in [5, 5.41) is 0. The summed E-state index contributed by atoms with van der Waals surface area (Å²) in [6.45, 7) is 6.60. The summed E-state index contributed by atoms with van der Waals surface area (Å²) in [4.78, 5) is 12.8. The molecule has 0 amide bonds. The van der Waals surface area contributed by atoms with Gasteiger partial charge in [-0.1, -0.05) is 43.8 Å². The van der Waals surface area contributed by atoms with Crippen LogP contribution in [0.15, 0.2) is 49.0 Å². The van der Waals surface area contributed by atoms with E-state index in [0.717, 1.165) is 35.5 Å². The van der Waals surface area contributed by atoms with E-state index >= 15 is 0 Å². The number of esters is 1. The largest absolute Gasteiger partial charge is 0.493 e. The van der Waals surface area contributed by atoms with Crippen LogP contribution in [0.5, 0.6) is 11.5 Å². The highest BCUT2D eigenvalue weighted by molar-refractivity contribution is 5.94. The number of hydrogen-bond acceptors (Lipinski definition) is 3. The molecule has 2 aromatic rings. The van der Waals surface area contributed by atoms with Crippen LogP contribution in [0, 0.1) is 17.8 Å². The van der Waals surface area contributed by atoms with Crippen molar-refractivity contribution in [1.82, 2.24) is 0 Å². The van der Waals surface area contributed by atoms with Gasteiger partial charge in [0.2, 0.25) is 0 Å². The summed E-state index contributed by atoms with van der Waals surface area (Å²) in [5.41, 5.74) is 2.89. The fraction of sp³-hybridized carbons (Fsp3) is 0.464. The van der Waals surface area contributed by atoms with Crippen molar-refractivity contribution >= 4 is 12.0 Å². The minimum Gasteiger partial charge on any atom is -0.493 e. The Morgan fingerprint density at radius 2 is 1.74 bits per heavy atom. The first kappa shape index (κ1) is 20.4. The number of benzene rings is 2. The van der Waals surface area contributed by atoms with Crippen LogP contribution < -0.4 is 9.47 Å². The highest BCUT2D eigenvalue weighted by Gasteiger charge is 2.52. The first-order valence-corrected chi connectivity index (χ1v) is 11.8. The summed E-state index contributed by atoms with van der Waals surface area (Å²) < 4.78 is 12.0. The molecule has 3 nitrogen and oxygen atoms in total. The molecule has 4 aliphatic carbocycles. The standard InChI is InChI=1S/C28H32O3/c1-3-11-30-26-15-23(31-27(29)24-8-6-5-7-22(24)4-2)9-10-25(26)28-16-19-12-20(17-28)14-21(13-19)18-28/h4-10,15,19-21H,2-3,11-14,16-18H2,1H3. The second-order valence-electron chi connectivity index (χ2n) is 9.89. The van der Waals surface area contributed by atoms with Crippen molar-refractivity contribution in [1.29, 1.82) is 0 Å². The van der Waals surface area contributed by atoms with E-state index in [2.05, 4.69) is 19.6 Å². The maximum Gasteiger partial charge on any atom is 0.344 e. The Hall–Kier alpha value is -2.55. The first-order valence-electron chi connectivity index (χ1n) is 11.8. The van der Waals surface area contributed by atoms with E-state index in [9.17, 15) is 4.79 Å². The maximum atomic E-state index is 12.8. The molecule has 31 heavy (non-hydrogen) atoms. The predicted molar refractivity (Wildman–Crippen MR) is 124 cm³/mol. The first-order chi connectivity index (χ1) is 15.1. The van der Waals surface area contributed by atoms with E-state index in [-0.39, 0.29) is 11.4 Å². The molecule has 6 rings (SSSR count). The molecule has 0 unspecified atom stereocenters. The third-order valence-electron chi connectivity index (χ3n) is 7.64. The molecule has 3 heteroatoms. The summed E-state index contributed by atoms with van der Waals surface area (Å²) in [7, 11) is 0. The lowest BCUT2D eigenvalue weighted by Gasteiger charge is -2.57. The molecule has 0 radical (unpaired) electrons. The Bertz CT molecular complexity index is 954. The van der Waals surface area contributed by atoms with Gasteiger partial charge >= 0.3 is 5.97 Å². The molecular weight excluding hydrogens is 384 g/mol. The highest BCUT2D eigenvalue weighted by atomic mass is 16.5. The molecule has 2 aromatic carbocycles. The number of ether oxygens (including phenoxy) is 2. The molecule has 0 heterocycles. The van der Waals surface area contributed by atoms with E-state index in [0.29, 0.717) is 17.9 Å². The lowest BCUT2D eigenvalue weighted by atomic mass is 9.48. The zero-order valence-corrected chi connectivity index (χ0v) is 18.4. The Kier molecular flexibility index (Phi) is 5.37. The van der Waals surface area contributed by atoms with Gasteiger partial charge in [-0.3, -0.25) is 0 Å². The van der Waals surface area contributed by atoms with E-state index in [1.807, 2.05) is 30.3 Å². The van der Waals surface area contributed by atoms with Crippen molar-refractivity contribution in [2.75, 3.05) is 6.61 Å². The molecule has 4 aliphatic rings. The van der Waals surface area contributed by atoms with Crippen molar-refractivity contribution in [2.45, 2.75) is 57.3 Å². The van der Waals surface area contributed by atoms with Crippen LogP contribution in [0.25, 0.3) is 6.08 Å². The van der Waals surface area contributed by atoms with Crippen molar-refractivity contribution in [3.8, 4) is 11.5 Å². The minimum atomic E-state index is -0.362. The third-order valence-corrected chi connectivity index (χ3v) is 7.64. The molecule has 0 aliphatic heterocycles. The summed E-state index contributed by atoms with van der Waals surface area (Å²) in [6.07, 6.45) is 10.8. The second-order valence-corrected chi connectivity index (χ2v) is 9.89. The molecule has 0 saturated heterocycles. The lowest BCUT2D eigenvalue weighted by molar-refractivity contribution is -0.00640. The molecule has 4 saturated carbocycles. The maximum absolute atomic E-state index is 12.8. The quantitative estimate of drug-likeness (QED) is 0.367. The second kappa shape index (κ2) is 8.18. The molecule has 0 spiro atoms. The van der Waals surface area contributed by atoms with Crippen LogP contribution in [0.2, 0.25) is 0 Å². The van der Waals surface area contributed by atoms with Gasteiger partial charge in [-0.05, 0) is 85.8 Å². The van der Waals surface area contributed by atoms with Gasteiger partial charge in [-0.15, -0.1) is 0 Å². The van der Waals surface area contributed by atoms with Gasteiger partial charge in [0.25, 0.3) is 0 Å². The topological polar surface area (TPSA) is 35.5 Å². The van der Waals surface area contributed by atoms with Crippen LogP contribution in [0.3, 0.4) is 0 Å². The van der Waals surface area contributed by atoms with Crippen LogP contribution in [0.1, 0.15) is 73.4 Å². The fourth-order valence-corrected chi connectivity index (χ4v) is 6.80. The van der Waals surface area contributed by atoms with Crippen LogP contribution in [0.4, 0.5) is 0 Å². The average molecular weight is 417 g/mol. The van der Waals surface area contributed by atoms with Gasteiger partial charge in [-0.25, -0.2) is 4.79 Å². The van der Waals surface area contributed by atoms with Crippen LogP contribution in [-0.2, 0) is 5.41 Å². The zero-order valence-electron chi connectivity index (χ0n) is 18.4. The van der Waals surface area contributed by atoms with Gasteiger partial charge in [-0.2, -0.15) is 0 Å². The van der Waals surface area contributed by atoms with Crippen molar-refractivity contribution in [3.63, 3.8) is 0 Å². The molecular formula is C28H32O3. The number of carbonyl (C=O) groups is 1. The summed E-state index contributed by atoms with van der Waals surface area (Å²) in [5.74, 6) is 3.71. The summed E-state index contributed by atoms with van der Waals surface area (Å²) >= 11 is 0. The zero-order chi connectivity index (χ0) is 21.4. The van der Waals surface area contributed by atoms with Crippen molar-refractivity contribution < 1.29 is 14.3 Å². The minimum absolute atomic E-state index is 0.246. The van der Waals surface area contributed by atoms with Crippen molar-refractivity contribution in [2.24, 2.45) is 17.8 Å². The Labute approximate surface area is 185 Å². The summed E-state index contributed by atoms with van der Waals surface area (Å²) in [6, 6.07) is 13.5. The van der Waals surface area contributed by atoms with Gasteiger partial charge in [0.05, 0.1) is 12.2 Å². The SMILES string of the molecule is C=Cc1ccccc1C(=O)Oc1ccc(C23CC4CC(CC(C4)C2)C3)c(OCCC)c1. The smallest absolute Gasteiger partial charge is 0.344 e. The normalized spacial score (nSPS) is 28.4. The Morgan fingerprint density at radius 1 is 1.06 bits per heavy atom. The van der Waals surface area contributed by atoms with E-state index in [1.165, 1.54) is 44.1 Å². The van der Waals surface area contributed by atoms with Gasteiger partial charge in [0.1, 0.15) is 11.5 Å². The number of carbonyl (C=O) groups excluding carboxylic acids is 1. The van der Waals surface area contributed by atoms with Crippen LogP contribution >= 0.6 is 0 Å². The average Bonchev–Trinajstić information content (AvgIpc) is 2.76. The molecule has 4 fully saturated rings. The molecule has 0 atom stereocenters. The Morgan fingerprint density at radius 3 is 2.39 bits per heavy atom. The van der Waals surface area contributed by atoms with E-state index < -0.39 is 0 Å². The van der Waals surface area contributed by atoms with Gasteiger partial charge in [0.15, 0.2) is 0 Å². The van der Waals surface area contributed by atoms with Gasteiger partial charge in [0, 0.05) is 11.6 Å². The van der Waals surface area contributed by atoms with Crippen LogP contribution in [-0.4, -0.2) is 12.6 Å². The molecule has 0 N–H and O–H groups in total. The lowest BCUT2D eigenvalue weighted by Crippen LogP contribution is -2.48. The number of rotatable bonds is 7. The monoisotopic (exact) mass is 416 g/mol. The predicted octanol–water partition coefficient (Wildman–Crippen LogP) is 6.81. The Balaban J connectivity index is 1.45. The molecule has 162 valence electrons. The highest BCUT2D eigenvalue weighted by Crippen LogP contribution is 2.62. The van der Waals surface area contributed by atoms with Gasteiger partial charge < -0.3 is 9.47 Å². The van der Waals surface area contributed by atoms with Crippen molar-refractivity contribution in [3.05, 3.63) is 65.7 Å². The van der Waals surface area contributed by atoms with E-state index in [1.54, 1.807) is 12.1 Å². The van der Waals surface area contributed by atoms with E-state index in [4.69, 9.17) is 9.47 Å². The number of hydrogen-bond donors (Lipinski definition) is 0. The molecule has 4 bridgehead atoms. The third kappa shape index (κ3) is 3.79. The fourth-order valence-electron chi connectivity index (χ4n) is 6.80. The molecule has 0 aromatic heterocycles.